The Morgan fingerprint density at radius 2 is 1.68 bits per heavy atom. The average molecular weight is 252 g/mol. The maximum absolute atomic E-state index is 11.3. The Balaban J connectivity index is 1.97. The molecule has 0 N–H and O–H groups in total. The molecule has 4 heteroatoms. The highest BCUT2D eigenvalue weighted by atomic mass is 16.6. The van der Waals surface area contributed by atoms with Gasteiger partial charge in [0, 0.05) is 6.61 Å². The van der Waals surface area contributed by atoms with E-state index >= 15 is 0 Å². The van der Waals surface area contributed by atoms with E-state index in [1.807, 2.05) is 48.5 Å². The van der Waals surface area contributed by atoms with Crippen molar-refractivity contribution in [3.8, 4) is 0 Å². The largest absolute Gasteiger partial charge is 0.598 e. The summed E-state index contributed by atoms with van der Waals surface area (Å²) in [6.07, 6.45) is 0. The molecule has 94 valence electrons. The van der Waals surface area contributed by atoms with Gasteiger partial charge in [0.05, 0.1) is 0 Å². The fourth-order valence-corrected chi connectivity index (χ4v) is 1.37. The quantitative estimate of drug-likeness (QED) is 0.362. The lowest BCUT2D eigenvalue weighted by Crippen LogP contribution is -2.08. The Kier molecular flexibility index (Phi) is 4.54. The van der Waals surface area contributed by atoms with Crippen molar-refractivity contribution >= 4 is 11.6 Å². The summed E-state index contributed by atoms with van der Waals surface area (Å²) in [6, 6.07) is 18.5. The van der Waals surface area contributed by atoms with Crippen molar-refractivity contribution in [3.63, 3.8) is 0 Å². The SMILES string of the molecule is [O-]C(=C=[N+]=Nc1ccccc1)OCc1ccccc1. The Morgan fingerprint density at radius 3 is 2.37 bits per heavy atom. The molecule has 0 saturated carbocycles. The minimum atomic E-state index is -0.636. The minimum Gasteiger partial charge on any atom is -0.598 e. The van der Waals surface area contributed by atoms with Crippen LogP contribution in [0, 0.1) is 0 Å². The number of hydrogen-bond acceptors (Lipinski definition) is 3. The molecule has 0 aromatic heterocycles. The molecule has 4 nitrogen and oxygen atoms in total. The first-order chi connectivity index (χ1) is 9.34. The Hall–Kier alpha value is -2.80. The lowest BCUT2D eigenvalue weighted by atomic mass is 10.2. The predicted octanol–water partition coefficient (Wildman–Crippen LogP) is 2.07. The standard InChI is InChI=1S/C15H12N2O2/c18-15(19-12-13-7-3-1-4-8-13)11-16-17-14-9-5-2-6-10-14/h1-10H,12H2. The van der Waals surface area contributed by atoms with Gasteiger partial charge in [0.1, 0.15) is 15.6 Å². The highest BCUT2D eigenvalue weighted by Crippen LogP contribution is 2.07. The van der Waals surface area contributed by atoms with Crippen LogP contribution in [0.3, 0.4) is 0 Å². The Morgan fingerprint density at radius 1 is 1.05 bits per heavy atom. The van der Waals surface area contributed by atoms with Gasteiger partial charge in [0.25, 0.3) is 0 Å². The summed E-state index contributed by atoms with van der Waals surface area (Å²) in [4.78, 5) is 3.55. The van der Waals surface area contributed by atoms with Crippen molar-refractivity contribution in [2.24, 2.45) is 5.11 Å². The number of nitrogens with zero attached hydrogens (tertiary/aromatic N) is 2. The second-order valence-corrected chi connectivity index (χ2v) is 3.71. The number of ether oxygens (including phenoxy) is 1. The Labute approximate surface area is 111 Å². The lowest BCUT2D eigenvalue weighted by Gasteiger charge is -2.09. The van der Waals surface area contributed by atoms with Crippen molar-refractivity contribution in [2.45, 2.75) is 6.61 Å². The van der Waals surface area contributed by atoms with Crippen LogP contribution in [0.4, 0.5) is 5.69 Å². The van der Waals surface area contributed by atoms with Crippen LogP contribution < -0.4 is 5.11 Å². The van der Waals surface area contributed by atoms with Crippen molar-refractivity contribution in [1.29, 1.82) is 0 Å². The molecule has 0 unspecified atom stereocenters. The summed E-state index contributed by atoms with van der Waals surface area (Å²) < 4.78 is 4.96. The van der Waals surface area contributed by atoms with Gasteiger partial charge in [-0.3, -0.25) is 0 Å². The molecule has 0 aliphatic carbocycles. The topological polar surface area (TPSA) is 58.8 Å². The van der Waals surface area contributed by atoms with Gasteiger partial charge in [-0.15, -0.1) is 0 Å². The smallest absolute Gasteiger partial charge is 0.376 e. The molecule has 2 rings (SSSR count). The van der Waals surface area contributed by atoms with Crippen LogP contribution >= 0.6 is 0 Å². The van der Waals surface area contributed by atoms with Crippen LogP contribution in [0.25, 0.3) is 0 Å². The second kappa shape index (κ2) is 6.82. The molecular formula is C15H12N2O2. The first-order valence-corrected chi connectivity index (χ1v) is 5.77. The van der Waals surface area contributed by atoms with Crippen molar-refractivity contribution in [1.82, 2.24) is 0 Å². The highest BCUT2D eigenvalue weighted by molar-refractivity contribution is 5.45. The van der Waals surface area contributed by atoms with Gasteiger partial charge in [-0.25, -0.2) is 0 Å². The van der Waals surface area contributed by atoms with Crippen molar-refractivity contribution < 1.29 is 14.6 Å². The van der Waals surface area contributed by atoms with E-state index < -0.39 is 5.95 Å². The summed E-state index contributed by atoms with van der Waals surface area (Å²) in [7, 11) is 0. The van der Waals surface area contributed by atoms with Gasteiger partial charge in [-0.05, 0) is 17.7 Å². The molecule has 0 atom stereocenters. The third-order valence-electron chi connectivity index (χ3n) is 2.28. The van der Waals surface area contributed by atoms with Gasteiger partial charge in [0.2, 0.25) is 0 Å². The van der Waals surface area contributed by atoms with Crippen molar-refractivity contribution in [2.75, 3.05) is 0 Å². The number of hydrogen-bond donors (Lipinski definition) is 0. The van der Waals surface area contributed by atoms with E-state index in [1.165, 1.54) is 0 Å². The zero-order valence-electron chi connectivity index (χ0n) is 10.2. The molecule has 19 heavy (non-hydrogen) atoms. The van der Waals surface area contributed by atoms with Crippen molar-refractivity contribution in [3.05, 3.63) is 72.2 Å². The predicted molar refractivity (Wildman–Crippen MR) is 68.5 cm³/mol. The van der Waals surface area contributed by atoms with Crippen LogP contribution in [-0.2, 0) is 11.3 Å². The molecule has 0 aliphatic rings. The van der Waals surface area contributed by atoms with E-state index in [2.05, 4.69) is 15.8 Å². The van der Waals surface area contributed by atoms with E-state index in [9.17, 15) is 5.11 Å². The van der Waals surface area contributed by atoms with Gasteiger partial charge >= 0.3 is 5.87 Å². The summed E-state index contributed by atoms with van der Waals surface area (Å²) >= 11 is 0. The minimum absolute atomic E-state index is 0.202. The molecule has 0 saturated heterocycles. The molecule has 2 aromatic rings. The first kappa shape index (κ1) is 12.7. The first-order valence-electron chi connectivity index (χ1n) is 5.77. The highest BCUT2D eigenvalue weighted by Gasteiger charge is 1.91. The molecule has 0 bridgehead atoms. The van der Waals surface area contributed by atoms with E-state index in [4.69, 9.17) is 4.74 Å². The lowest BCUT2D eigenvalue weighted by molar-refractivity contribution is -0.357. The number of benzene rings is 2. The second-order valence-electron chi connectivity index (χ2n) is 3.71. The summed E-state index contributed by atoms with van der Waals surface area (Å²) in [5.41, 5.74) is 1.57. The molecular weight excluding hydrogens is 240 g/mol. The third-order valence-corrected chi connectivity index (χ3v) is 2.28. The van der Waals surface area contributed by atoms with E-state index in [1.54, 1.807) is 12.1 Å². The van der Waals surface area contributed by atoms with Crippen LogP contribution in [0.2, 0.25) is 0 Å². The normalized spacial score (nSPS) is 9.05. The van der Waals surface area contributed by atoms with Crippen LogP contribution in [-0.4, -0.2) is 10.7 Å². The molecule has 0 amide bonds. The van der Waals surface area contributed by atoms with Gasteiger partial charge in [-0.1, -0.05) is 48.5 Å². The monoisotopic (exact) mass is 252 g/mol. The van der Waals surface area contributed by atoms with Crippen LogP contribution in [0.15, 0.2) is 71.7 Å². The number of rotatable bonds is 4. The summed E-state index contributed by atoms with van der Waals surface area (Å²) in [5, 5.41) is 15.1. The van der Waals surface area contributed by atoms with Crippen LogP contribution in [0.1, 0.15) is 5.56 Å². The van der Waals surface area contributed by atoms with Gasteiger partial charge in [-0.2, -0.15) is 0 Å². The summed E-state index contributed by atoms with van der Waals surface area (Å²) in [6.45, 7) is 0.202. The average Bonchev–Trinajstić information content (AvgIpc) is 2.47. The molecule has 0 heterocycles. The zero-order valence-corrected chi connectivity index (χ0v) is 10.2. The van der Waals surface area contributed by atoms with E-state index in [0.29, 0.717) is 5.69 Å². The van der Waals surface area contributed by atoms with Crippen LogP contribution in [0.5, 0.6) is 0 Å². The van der Waals surface area contributed by atoms with Gasteiger partial charge < -0.3 is 9.84 Å². The summed E-state index contributed by atoms with van der Waals surface area (Å²) in [5.74, 6) is 1.56. The molecule has 0 fully saturated rings. The van der Waals surface area contributed by atoms with E-state index in [0.717, 1.165) is 5.56 Å². The molecule has 0 spiro atoms. The van der Waals surface area contributed by atoms with Gasteiger partial charge in [0.15, 0.2) is 5.95 Å². The zero-order chi connectivity index (χ0) is 13.3. The third kappa shape index (κ3) is 4.52. The van der Waals surface area contributed by atoms with E-state index in [-0.39, 0.29) is 6.61 Å². The molecule has 0 aliphatic heterocycles. The Bertz CT molecular complexity index is 611. The fraction of sp³-hybridized carbons (Fsp3) is 0.0667. The fourth-order valence-electron chi connectivity index (χ4n) is 1.37. The maximum atomic E-state index is 11.3. The maximum Gasteiger partial charge on any atom is 0.376 e. The molecule has 2 aromatic carbocycles. The molecule has 0 radical (unpaired) electrons.